The topological polar surface area (TPSA) is 39.2 Å². The summed E-state index contributed by atoms with van der Waals surface area (Å²) in [5, 5.41) is 8.63. The van der Waals surface area contributed by atoms with Crippen LogP contribution in [0, 0.1) is 0 Å². The number of nitrogens with zero attached hydrogens (tertiary/aromatic N) is 3. The van der Waals surface area contributed by atoms with Crippen molar-refractivity contribution in [3.8, 4) is 5.75 Å². The summed E-state index contributed by atoms with van der Waals surface area (Å²) < 4.78 is 1.95. The summed E-state index contributed by atoms with van der Waals surface area (Å²) in [6.45, 7) is 3.92. The van der Waals surface area contributed by atoms with Gasteiger partial charge in [0.05, 0.1) is 0 Å². The Balaban J connectivity index is 1.61. The van der Waals surface area contributed by atoms with Gasteiger partial charge in [-0.3, -0.25) is 0 Å². The minimum atomic E-state index is 0.463. The van der Waals surface area contributed by atoms with Gasteiger partial charge in [0.2, 0.25) is 0 Å². The molecule has 5 nitrogen and oxygen atoms in total. The van der Waals surface area contributed by atoms with Crippen LogP contribution in [0.25, 0.3) is 0 Å². The molecule has 1 fully saturated rings. The second kappa shape index (κ2) is 7.35. The van der Waals surface area contributed by atoms with E-state index < -0.39 is 0 Å². The lowest BCUT2D eigenvalue weighted by molar-refractivity contribution is -0.137. The SMILES string of the molecule is OOc1ccc(N2CCN(c3ccc(N(P)P)cc3)CC2)cc1. The lowest BCUT2D eigenvalue weighted by atomic mass is 10.2. The summed E-state index contributed by atoms with van der Waals surface area (Å²) in [6.07, 6.45) is 0. The number of rotatable bonds is 4. The molecule has 2 aromatic rings. The normalized spacial score (nSPS) is 14.7. The van der Waals surface area contributed by atoms with Crippen LogP contribution in [0.5, 0.6) is 5.75 Å². The maximum atomic E-state index is 8.63. The van der Waals surface area contributed by atoms with Gasteiger partial charge in [-0.15, -0.1) is 0 Å². The lowest BCUT2D eigenvalue weighted by Crippen LogP contribution is -2.46. The van der Waals surface area contributed by atoms with Crippen molar-refractivity contribution in [3.63, 3.8) is 0 Å². The monoisotopic (exact) mass is 349 g/mol. The van der Waals surface area contributed by atoms with E-state index in [1.165, 1.54) is 5.69 Å². The van der Waals surface area contributed by atoms with Gasteiger partial charge in [-0.2, -0.15) is 0 Å². The molecule has 1 N–H and O–H groups in total. The van der Waals surface area contributed by atoms with Gasteiger partial charge in [0.1, 0.15) is 0 Å². The van der Waals surface area contributed by atoms with E-state index in [9.17, 15) is 0 Å². The van der Waals surface area contributed by atoms with E-state index in [-0.39, 0.29) is 0 Å². The Hall–Kier alpha value is -1.54. The van der Waals surface area contributed by atoms with Crippen LogP contribution in [0.3, 0.4) is 0 Å². The third-order valence-electron chi connectivity index (χ3n) is 4.10. The van der Waals surface area contributed by atoms with Gasteiger partial charge in [0, 0.05) is 43.2 Å². The highest BCUT2D eigenvalue weighted by atomic mass is 31.1. The van der Waals surface area contributed by atoms with Crippen molar-refractivity contribution in [2.24, 2.45) is 0 Å². The van der Waals surface area contributed by atoms with Crippen molar-refractivity contribution in [2.75, 3.05) is 40.4 Å². The van der Waals surface area contributed by atoms with Crippen molar-refractivity contribution in [2.45, 2.75) is 0 Å². The summed E-state index contributed by atoms with van der Waals surface area (Å²) >= 11 is 0. The summed E-state index contributed by atoms with van der Waals surface area (Å²) in [7, 11) is 5.26. The van der Waals surface area contributed by atoms with Gasteiger partial charge < -0.3 is 19.1 Å². The van der Waals surface area contributed by atoms with E-state index in [1.54, 1.807) is 12.1 Å². The minimum absolute atomic E-state index is 0.463. The lowest BCUT2D eigenvalue weighted by Gasteiger charge is -2.37. The number of piperazine rings is 1. The Morgan fingerprint density at radius 2 is 1.22 bits per heavy atom. The predicted molar refractivity (Wildman–Crippen MR) is 102 cm³/mol. The van der Waals surface area contributed by atoms with Crippen LogP contribution in [0.15, 0.2) is 48.5 Å². The van der Waals surface area contributed by atoms with Crippen LogP contribution in [-0.4, -0.2) is 31.4 Å². The predicted octanol–water partition coefficient (Wildman–Crippen LogP) is 3.25. The summed E-state index contributed by atoms with van der Waals surface area (Å²) in [4.78, 5) is 8.98. The van der Waals surface area contributed by atoms with Crippen molar-refractivity contribution in [3.05, 3.63) is 48.5 Å². The molecule has 0 radical (unpaired) electrons. The molecule has 1 saturated heterocycles. The number of anilines is 3. The summed E-state index contributed by atoms with van der Waals surface area (Å²) in [5.41, 5.74) is 3.56. The van der Waals surface area contributed by atoms with Gasteiger partial charge in [-0.25, -0.2) is 5.26 Å². The van der Waals surface area contributed by atoms with Crippen LogP contribution in [-0.2, 0) is 0 Å². The molecular formula is C16H21N3O2P2. The molecule has 2 aromatic carbocycles. The van der Waals surface area contributed by atoms with Crippen LogP contribution in [0.4, 0.5) is 17.1 Å². The smallest absolute Gasteiger partial charge is 0.165 e. The zero-order valence-corrected chi connectivity index (χ0v) is 15.1. The Kier molecular flexibility index (Phi) is 5.22. The van der Waals surface area contributed by atoms with Gasteiger partial charge in [-0.1, -0.05) is 0 Å². The van der Waals surface area contributed by atoms with E-state index in [1.807, 2.05) is 16.6 Å². The second-order valence-corrected chi connectivity index (χ2v) is 7.19. The van der Waals surface area contributed by atoms with Gasteiger partial charge >= 0.3 is 0 Å². The Bertz CT molecular complexity index is 627. The number of benzene rings is 2. The zero-order valence-electron chi connectivity index (χ0n) is 12.8. The Morgan fingerprint density at radius 3 is 1.61 bits per heavy atom. The van der Waals surface area contributed by atoms with Crippen LogP contribution in [0.1, 0.15) is 0 Å². The molecule has 0 aromatic heterocycles. The van der Waals surface area contributed by atoms with E-state index in [0.717, 1.165) is 37.6 Å². The standard InChI is InChI=1S/C16H21N3O2P2/c20-21-16-7-5-14(6-8-16)18-11-9-17(10-12-18)13-1-3-15(4-2-13)19(22)23/h1-8,20H,9-12,22-23H2. The van der Waals surface area contributed by atoms with Crippen molar-refractivity contribution in [1.29, 1.82) is 0 Å². The van der Waals surface area contributed by atoms with Crippen molar-refractivity contribution >= 4 is 35.8 Å². The molecule has 2 atom stereocenters. The van der Waals surface area contributed by atoms with E-state index in [4.69, 9.17) is 5.26 Å². The maximum absolute atomic E-state index is 8.63. The minimum Gasteiger partial charge on any atom is -0.368 e. The van der Waals surface area contributed by atoms with E-state index >= 15 is 0 Å². The van der Waals surface area contributed by atoms with Crippen LogP contribution in [0.2, 0.25) is 0 Å². The molecule has 0 bridgehead atoms. The third kappa shape index (κ3) is 3.87. The average Bonchev–Trinajstić information content (AvgIpc) is 2.62. The first-order chi connectivity index (χ1) is 11.2. The first-order valence-corrected chi connectivity index (χ1v) is 8.51. The summed E-state index contributed by atoms with van der Waals surface area (Å²) in [6, 6.07) is 16.1. The Morgan fingerprint density at radius 1 is 0.783 bits per heavy atom. The molecule has 0 saturated carbocycles. The molecule has 1 aliphatic rings. The highest BCUT2D eigenvalue weighted by molar-refractivity contribution is 7.39. The molecule has 0 amide bonds. The summed E-state index contributed by atoms with van der Waals surface area (Å²) in [5.74, 6) is 0.463. The molecular weight excluding hydrogens is 328 g/mol. The molecule has 3 rings (SSSR count). The fourth-order valence-electron chi connectivity index (χ4n) is 2.78. The first kappa shape index (κ1) is 16.3. The van der Waals surface area contributed by atoms with Crippen LogP contribution >= 0.6 is 18.8 Å². The quantitative estimate of drug-likeness (QED) is 0.521. The Labute approximate surface area is 141 Å². The van der Waals surface area contributed by atoms with E-state index in [2.05, 4.69) is 57.7 Å². The average molecular weight is 349 g/mol. The van der Waals surface area contributed by atoms with E-state index in [0.29, 0.717) is 5.75 Å². The molecule has 0 spiro atoms. The van der Waals surface area contributed by atoms with Crippen molar-refractivity contribution < 1.29 is 10.1 Å². The fraction of sp³-hybridized carbons (Fsp3) is 0.250. The molecule has 1 heterocycles. The molecule has 0 aliphatic carbocycles. The second-order valence-electron chi connectivity index (χ2n) is 5.48. The molecule has 2 unspecified atom stereocenters. The number of hydrogen-bond donors (Lipinski definition) is 1. The van der Waals surface area contributed by atoms with Crippen LogP contribution < -0.4 is 19.1 Å². The first-order valence-electron chi connectivity index (χ1n) is 7.48. The van der Waals surface area contributed by atoms with Gasteiger partial charge in [0.25, 0.3) is 0 Å². The highest BCUT2D eigenvalue weighted by Crippen LogP contribution is 2.27. The maximum Gasteiger partial charge on any atom is 0.165 e. The molecule has 122 valence electrons. The highest BCUT2D eigenvalue weighted by Gasteiger charge is 2.17. The zero-order chi connectivity index (χ0) is 16.2. The third-order valence-corrected chi connectivity index (χ3v) is 4.70. The molecule has 1 aliphatic heterocycles. The largest absolute Gasteiger partial charge is 0.368 e. The number of hydrogen-bond acceptors (Lipinski definition) is 5. The van der Waals surface area contributed by atoms with Gasteiger partial charge in [0.15, 0.2) is 5.75 Å². The molecule has 23 heavy (non-hydrogen) atoms. The van der Waals surface area contributed by atoms with Crippen molar-refractivity contribution in [1.82, 2.24) is 0 Å². The molecule has 7 heteroatoms. The van der Waals surface area contributed by atoms with Gasteiger partial charge in [-0.05, 0) is 67.3 Å². The fourth-order valence-corrected chi connectivity index (χ4v) is 3.12.